The minimum Gasteiger partial charge on any atom is -0.482 e. The van der Waals surface area contributed by atoms with E-state index >= 15 is 0 Å². The van der Waals surface area contributed by atoms with Crippen molar-refractivity contribution in [3.05, 3.63) is 93.6 Å². The van der Waals surface area contributed by atoms with Crippen LogP contribution in [0.4, 0.5) is 0 Å². The Bertz CT molecular complexity index is 1280. The van der Waals surface area contributed by atoms with Gasteiger partial charge in [-0.15, -0.1) is 0 Å². The molecular formula is C25H19ClO5. The van der Waals surface area contributed by atoms with Crippen molar-refractivity contribution in [2.75, 3.05) is 6.61 Å². The summed E-state index contributed by atoms with van der Waals surface area (Å²) >= 11 is 5.99. The highest BCUT2D eigenvalue weighted by Gasteiger charge is 2.21. The molecule has 3 aromatic carbocycles. The van der Waals surface area contributed by atoms with Gasteiger partial charge in [0.2, 0.25) is 11.2 Å². The van der Waals surface area contributed by atoms with Gasteiger partial charge in [-0.2, -0.15) is 0 Å². The number of hydrogen-bond donors (Lipinski definition) is 0. The summed E-state index contributed by atoms with van der Waals surface area (Å²) < 4.78 is 16.9. The van der Waals surface area contributed by atoms with E-state index in [0.717, 1.165) is 12.0 Å². The lowest BCUT2D eigenvalue weighted by molar-refractivity contribution is -0.136. The molecule has 0 amide bonds. The average molecular weight is 435 g/mol. The number of aryl methyl sites for hydroxylation is 1. The minimum atomic E-state index is -0.711. The van der Waals surface area contributed by atoms with Gasteiger partial charge in [-0.3, -0.25) is 4.79 Å². The van der Waals surface area contributed by atoms with Crippen LogP contribution in [-0.4, -0.2) is 12.6 Å². The van der Waals surface area contributed by atoms with Crippen LogP contribution < -0.4 is 14.9 Å². The van der Waals surface area contributed by atoms with Crippen molar-refractivity contribution in [3.8, 4) is 22.8 Å². The van der Waals surface area contributed by atoms with Crippen molar-refractivity contribution >= 4 is 28.5 Å². The van der Waals surface area contributed by atoms with Gasteiger partial charge in [-0.25, -0.2) is 4.79 Å². The van der Waals surface area contributed by atoms with Crippen LogP contribution in [0.15, 0.2) is 82.0 Å². The summed E-state index contributed by atoms with van der Waals surface area (Å²) in [5, 5.41) is 0.887. The van der Waals surface area contributed by atoms with Crippen LogP contribution in [-0.2, 0) is 11.2 Å². The fourth-order valence-corrected chi connectivity index (χ4v) is 3.26. The van der Waals surface area contributed by atoms with Crippen molar-refractivity contribution in [2.45, 2.75) is 13.3 Å². The van der Waals surface area contributed by atoms with E-state index in [9.17, 15) is 9.59 Å². The van der Waals surface area contributed by atoms with Crippen LogP contribution in [0, 0.1) is 0 Å². The second kappa shape index (κ2) is 9.06. The number of esters is 1. The molecule has 4 aromatic rings. The number of fused-ring (bicyclic) bond motifs is 1. The van der Waals surface area contributed by atoms with E-state index in [-0.39, 0.29) is 18.1 Å². The lowest BCUT2D eigenvalue weighted by Gasteiger charge is -2.12. The Labute approximate surface area is 183 Å². The van der Waals surface area contributed by atoms with Crippen LogP contribution in [0.5, 0.6) is 11.5 Å². The third kappa shape index (κ3) is 4.62. The zero-order valence-corrected chi connectivity index (χ0v) is 17.5. The largest absolute Gasteiger partial charge is 0.482 e. The van der Waals surface area contributed by atoms with E-state index in [2.05, 4.69) is 0 Å². The van der Waals surface area contributed by atoms with Gasteiger partial charge in [0.05, 0.1) is 5.39 Å². The molecule has 1 aromatic heterocycles. The van der Waals surface area contributed by atoms with Crippen molar-refractivity contribution in [1.82, 2.24) is 0 Å². The van der Waals surface area contributed by atoms with Gasteiger partial charge in [0.15, 0.2) is 12.4 Å². The molecule has 6 heteroatoms. The van der Waals surface area contributed by atoms with Crippen molar-refractivity contribution in [2.24, 2.45) is 0 Å². The number of benzene rings is 3. The first-order chi connectivity index (χ1) is 15.0. The molecule has 1 heterocycles. The van der Waals surface area contributed by atoms with E-state index in [0.29, 0.717) is 27.3 Å². The summed E-state index contributed by atoms with van der Waals surface area (Å²) in [5.74, 6) is -0.205. The third-order valence-corrected chi connectivity index (χ3v) is 5.00. The molecule has 0 saturated carbocycles. The summed E-state index contributed by atoms with van der Waals surface area (Å²) in [6.07, 6.45) is 0.758. The van der Waals surface area contributed by atoms with E-state index in [1.54, 1.807) is 60.7 Å². The number of hydrogen-bond acceptors (Lipinski definition) is 5. The van der Waals surface area contributed by atoms with Crippen molar-refractivity contribution in [1.29, 1.82) is 0 Å². The Morgan fingerprint density at radius 3 is 2.45 bits per heavy atom. The van der Waals surface area contributed by atoms with Crippen LogP contribution in [0.25, 0.3) is 22.3 Å². The van der Waals surface area contributed by atoms with Crippen LogP contribution >= 0.6 is 11.6 Å². The Kier molecular flexibility index (Phi) is 6.05. The molecule has 0 N–H and O–H groups in total. The van der Waals surface area contributed by atoms with Gasteiger partial charge in [0.25, 0.3) is 0 Å². The highest BCUT2D eigenvalue weighted by molar-refractivity contribution is 6.30. The minimum absolute atomic E-state index is 0.159. The van der Waals surface area contributed by atoms with Crippen LogP contribution in [0.3, 0.4) is 0 Å². The number of halogens is 1. The van der Waals surface area contributed by atoms with Gasteiger partial charge < -0.3 is 13.9 Å². The summed E-state index contributed by atoms with van der Waals surface area (Å²) in [6, 6.07) is 21.0. The Morgan fingerprint density at radius 1 is 1.00 bits per heavy atom. The first kappa shape index (κ1) is 20.7. The molecule has 5 nitrogen and oxygen atoms in total. The SMILES string of the molecule is CCc1ccc2oc(-c3ccc(Cl)cc3)c(OC(=O)COc3ccccc3)c(=O)c2c1. The zero-order chi connectivity index (χ0) is 21.8. The standard InChI is InChI=1S/C25H19ClO5/c1-2-16-8-13-21-20(14-16)23(28)25(24(30-21)17-9-11-18(26)12-10-17)31-22(27)15-29-19-6-4-3-5-7-19/h3-14H,2,15H2,1H3. The maximum Gasteiger partial charge on any atom is 0.349 e. The summed E-state index contributed by atoms with van der Waals surface area (Å²) in [6.45, 7) is 1.64. The first-order valence-electron chi connectivity index (χ1n) is 9.79. The van der Waals surface area contributed by atoms with E-state index < -0.39 is 11.4 Å². The number of para-hydroxylation sites is 1. The molecule has 0 bridgehead atoms. The van der Waals surface area contributed by atoms with E-state index in [4.69, 9.17) is 25.5 Å². The lowest BCUT2D eigenvalue weighted by atomic mass is 10.1. The summed E-state index contributed by atoms with van der Waals surface area (Å²) in [7, 11) is 0. The molecule has 156 valence electrons. The van der Waals surface area contributed by atoms with Crippen molar-refractivity contribution in [3.63, 3.8) is 0 Å². The summed E-state index contributed by atoms with van der Waals surface area (Å²) in [4.78, 5) is 25.7. The highest BCUT2D eigenvalue weighted by atomic mass is 35.5. The van der Waals surface area contributed by atoms with Gasteiger partial charge in [-0.05, 0) is 60.5 Å². The molecule has 0 spiro atoms. The normalized spacial score (nSPS) is 10.8. The first-order valence-corrected chi connectivity index (χ1v) is 10.2. The van der Waals surface area contributed by atoms with Crippen molar-refractivity contribution < 1.29 is 18.7 Å². The Morgan fingerprint density at radius 2 is 1.74 bits per heavy atom. The quantitative estimate of drug-likeness (QED) is 0.366. The maximum absolute atomic E-state index is 13.3. The highest BCUT2D eigenvalue weighted by Crippen LogP contribution is 2.32. The molecule has 0 saturated heterocycles. The van der Waals surface area contributed by atoms with Gasteiger partial charge in [0, 0.05) is 10.6 Å². The van der Waals surface area contributed by atoms with E-state index in [1.807, 2.05) is 19.1 Å². The fraction of sp³-hybridized carbons (Fsp3) is 0.120. The maximum atomic E-state index is 13.3. The molecule has 0 fully saturated rings. The third-order valence-electron chi connectivity index (χ3n) is 4.74. The molecule has 0 atom stereocenters. The lowest BCUT2D eigenvalue weighted by Crippen LogP contribution is -2.21. The Balaban J connectivity index is 1.74. The molecule has 0 unspecified atom stereocenters. The monoisotopic (exact) mass is 434 g/mol. The topological polar surface area (TPSA) is 65.7 Å². The second-order valence-electron chi connectivity index (χ2n) is 6.86. The zero-order valence-electron chi connectivity index (χ0n) is 16.8. The number of ether oxygens (including phenoxy) is 2. The molecule has 0 aliphatic heterocycles. The molecule has 0 aliphatic carbocycles. The predicted molar refractivity (Wildman–Crippen MR) is 120 cm³/mol. The summed E-state index contributed by atoms with van der Waals surface area (Å²) in [5.41, 5.74) is 1.53. The van der Waals surface area contributed by atoms with Crippen LogP contribution in [0.2, 0.25) is 5.02 Å². The smallest absolute Gasteiger partial charge is 0.349 e. The molecule has 31 heavy (non-hydrogen) atoms. The second-order valence-corrected chi connectivity index (χ2v) is 7.29. The van der Waals surface area contributed by atoms with E-state index in [1.165, 1.54) is 0 Å². The van der Waals surface area contributed by atoms with Gasteiger partial charge in [0.1, 0.15) is 11.3 Å². The average Bonchev–Trinajstić information content (AvgIpc) is 2.80. The molecule has 0 aliphatic rings. The molecular weight excluding hydrogens is 416 g/mol. The molecule has 4 rings (SSSR count). The van der Waals surface area contributed by atoms with Gasteiger partial charge in [-0.1, -0.05) is 42.8 Å². The fourth-order valence-electron chi connectivity index (χ4n) is 3.13. The number of carbonyl (C=O) groups is 1. The number of rotatable bonds is 6. The van der Waals surface area contributed by atoms with Crippen LogP contribution in [0.1, 0.15) is 12.5 Å². The molecule has 0 radical (unpaired) electrons. The van der Waals surface area contributed by atoms with Gasteiger partial charge >= 0.3 is 5.97 Å². The Hall–Kier alpha value is -3.57. The predicted octanol–water partition coefficient (Wildman–Crippen LogP) is 5.66. The number of carbonyl (C=O) groups excluding carboxylic acids is 1.